The lowest BCUT2D eigenvalue weighted by molar-refractivity contribution is -0.120. The molecule has 0 aliphatic heterocycles. The van der Waals surface area contributed by atoms with E-state index in [-0.39, 0.29) is 17.9 Å². The van der Waals surface area contributed by atoms with E-state index in [4.69, 9.17) is 5.11 Å². The van der Waals surface area contributed by atoms with E-state index in [1.165, 1.54) is 0 Å². The largest absolute Gasteiger partial charge is 0.396 e. The number of aryl methyl sites for hydroxylation is 1. The van der Waals surface area contributed by atoms with Gasteiger partial charge < -0.3 is 10.4 Å². The first-order valence-electron chi connectivity index (χ1n) is 5.93. The van der Waals surface area contributed by atoms with Crippen LogP contribution in [-0.4, -0.2) is 29.1 Å². The molecule has 0 aromatic carbocycles. The molecule has 0 saturated heterocycles. The molecule has 4 heteroatoms. The summed E-state index contributed by atoms with van der Waals surface area (Å²) in [5, 5.41) is 12.0. The van der Waals surface area contributed by atoms with Crippen molar-refractivity contribution in [3.8, 4) is 0 Å². The number of amides is 1. The second-order valence-electron chi connectivity index (χ2n) is 4.92. The molecule has 1 heterocycles. The monoisotopic (exact) mass is 234 g/mol. The molecule has 0 radical (unpaired) electrons. The summed E-state index contributed by atoms with van der Waals surface area (Å²) in [6, 6.07) is 3.82. The third-order valence-corrected chi connectivity index (χ3v) is 3.29. The SMILES string of the molecule is Cc1ccc(CC(=O)NCC2(CO)CC2)cn1. The molecular formula is C13H18N2O2. The number of pyridine rings is 1. The average molecular weight is 234 g/mol. The minimum atomic E-state index is -0.0266. The van der Waals surface area contributed by atoms with Gasteiger partial charge in [-0.3, -0.25) is 9.78 Å². The Kier molecular flexibility index (Phi) is 3.43. The Morgan fingerprint density at radius 1 is 1.53 bits per heavy atom. The van der Waals surface area contributed by atoms with Crippen LogP contribution in [0, 0.1) is 12.3 Å². The van der Waals surface area contributed by atoms with Crippen molar-refractivity contribution in [2.75, 3.05) is 13.2 Å². The van der Waals surface area contributed by atoms with Crippen LogP contribution >= 0.6 is 0 Å². The highest BCUT2D eigenvalue weighted by Gasteiger charge is 2.41. The number of carbonyl (C=O) groups excluding carboxylic acids is 1. The number of rotatable bonds is 5. The second kappa shape index (κ2) is 4.84. The van der Waals surface area contributed by atoms with Crippen LogP contribution < -0.4 is 5.32 Å². The Morgan fingerprint density at radius 3 is 2.82 bits per heavy atom. The summed E-state index contributed by atoms with van der Waals surface area (Å²) in [5.74, 6) is -0.00428. The summed E-state index contributed by atoms with van der Waals surface area (Å²) in [6.45, 7) is 2.67. The molecule has 17 heavy (non-hydrogen) atoms. The highest BCUT2D eigenvalue weighted by Crippen LogP contribution is 2.44. The van der Waals surface area contributed by atoms with E-state index in [1.54, 1.807) is 6.20 Å². The maximum absolute atomic E-state index is 11.7. The Labute approximate surface area is 101 Å². The van der Waals surface area contributed by atoms with E-state index in [9.17, 15) is 4.79 Å². The van der Waals surface area contributed by atoms with Gasteiger partial charge in [0.2, 0.25) is 5.91 Å². The van der Waals surface area contributed by atoms with E-state index in [1.807, 2.05) is 19.1 Å². The molecule has 1 saturated carbocycles. The predicted octanol–water partition coefficient (Wildman–Crippen LogP) is 0.821. The summed E-state index contributed by atoms with van der Waals surface area (Å²) < 4.78 is 0. The lowest BCUT2D eigenvalue weighted by Gasteiger charge is -2.12. The molecule has 1 aromatic heterocycles. The molecule has 1 aliphatic rings. The normalized spacial score (nSPS) is 16.6. The van der Waals surface area contributed by atoms with Crippen LogP contribution in [0.2, 0.25) is 0 Å². The fourth-order valence-electron chi connectivity index (χ4n) is 1.70. The number of hydrogen-bond acceptors (Lipinski definition) is 3. The molecule has 0 spiro atoms. The summed E-state index contributed by atoms with van der Waals surface area (Å²) in [5.41, 5.74) is 1.84. The van der Waals surface area contributed by atoms with Crippen LogP contribution in [-0.2, 0) is 11.2 Å². The lowest BCUT2D eigenvalue weighted by atomic mass is 10.1. The highest BCUT2D eigenvalue weighted by atomic mass is 16.3. The number of aromatic nitrogens is 1. The van der Waals surface area contributed by atoms with Gasteiger partial charge in [-0.25, -0.2) is 0 Å². The number of carbonyl (C=O) groups is 1. The molecule has 1 fully saturated rings. The maximum Gasteiger partial charge on any atom is 0.224 e. The Morgan fingerprint density at radius 2 is 2.29 bits per heavy atom. The summed E-state index contributed by atoms with van der Waals surface area (Å²) in [4.78, 5) is 15.8. The fourth-order valence-corrected chi connectivity index (χ4v) is 1.70. The third-order valence-electron chi connectivity index (χ3n) is 3.29. The van der Waals surface area contributed by atoms with Crippen LogP contribution in [0.5, 0.6) is 0 Å². The van der Waals surface area contributed by atoms with Gasteiger partial charge in [-0.05, 0) is 31.4 Å². The number of hydrogen-bond donors (Lipinski definition) is 2. The van der Waals surface area contributed by atoms with Gasteiger partial charge in [-0.2, -0.15) is 0 Å². The van der Waals surface area contributed by atoms with Crippen molar-refractivity contribution in [3.63, 3.8) is 0 Å². The van der Waals surface area contributed by atoms with Gasteiger partial charge in [0.15, 0.2) is 0 Å². The van der Waals surface area contributed by atoms with Gasteiger partial charge in [0.05, 0.1) is 13.0 Å². The first-order valence-corrected chi connectivity index (χ1v) is 5.93. The van der Waals surface area contributed by atoms with Gasteiger partial charge >= 0.3 is 0 Å². The molecule has 2 rings (SSSR count). The summed E-state index contributed by atoms with van der Waals surface area (Å²) in [7, 11) is 0. The van der Waals surface area contributed by atoms with Crippen molar-refractivity contribution in [1.29, 1.82) is 0 Å². The number of aliphatic hydroxyl groups is 1. The number of nitrogens with zero attached hydrogens (tertiary/aromatic N) is 1. The molecule has 92 valence electrons. The molecule has 0 atom stereocenters. The van der Waals surface area contributed by atoms with E-state index in [0.717, 1.165) is 24.1 Å². The van der Waals surface area contributed by atoms with Gasteiger partial charge in [-0.1, -0.05) is 6.07 Å². The molecule has 0 bridgehead atoms. The Hall–Kier alpha value is -1.42. The molecule has 2 N–H and O–H groups in total. The number of aliphatic hydroxyl groups excluding tert-OH is 1. The fraction of sp³-hybridized carbons (Fsp3) is 0.538. The van der Waals surface area contributed by atoms with E-state index in [0.29, 0.717) is 13.0 Å². The van der Waals surface area contributed by atoms with Crippen LogP contribution in [0.25, 0.3) is 0 Å². The van der Waals surface area contributed by atoms with Crippen LogP contribution in [0.1, 0.15) is 24.1 Å². The van der Waals surface area contributed by atoms with Crippen molar-refractivity contribution >= 4 is 5.91 Å². The average Bonchev–Trinajstić information content (AvgIpc) is 3.10. The second-order valence-corrected chi connectivity index (χ2v) is 4.92. The van der Waals surface area contributed by atoms with E-state index < -0.39 is 0 Å². The molecule has 0 unspecified atom stereocenters. The summed E-state index contributed by atoms with van der Waals surface area (Å²) in [6.07, 6.45) is 4.11. The lowest BCUT2D eigenvalue weighted by Crippen LogP contribution is -2.32. The maximum atomic E-state index is 11.7. The van der Waals surface area contributed by atoms with E-state index >= 15 is 0 Å². The van der Waals surface area contributed by atoms with Crippen LogP contribution in [0.4, 0.5) is 0 Å². The molecule has 1 aromatic rings. The molecule has 4 nitrogen and oxygen atoms in total. The predicted molar refractivity (Wildman–Crippen MR) is 64.4 cm³/mol. The Bertz CT molecular complexity index is 396. The molecule has 1 aliphatic carbocycles. The van der Waals surface area contributed by atoms with Crippen molar-refractivity contribution in [1.82, 2.24) is 10.3 Å². The van der Waals surface area contributed by atoms with Crippen molar-refractivity contribution in [2.24, 2.45) is 5.41 Å². The Balaban J connectivity index is 1.79. The zero-order valence-electron chi connectivity index (χ0n) is 10.1. The smallest absolute Gasteiger partial charge is 0.224 e. The minimum Gasteiger partial charge on any atom is -0.396 e. The van der Waals surface area contributed by atoms with Gasteiger partial charge in [0.1, 0.15) is 0 Å². The topological polar surface area (TPSA) is 62.2 Å². The number of nitrogens with one attached hydrogen (secondary N) is 1. The standard InChI is InChI=1S/C13H18N2O2/c1-10-2-3-11(7-14-10)6-12(17)15-8-13(9-16)4-5-13/h2-3,7,16H,4-6,8-9H2,1H3,(H,15,17). The first kappa shape index (κ1) is 12.0. The summed E-state index contributed by atoms with van der Waals surface area (Å²) >= 11 is 0. The van der Waals surface area contributed by atoms with Crippen LogP contribution in [0.15, 0.2) is 18.3 Å². The minimum absolute atomic E-state index is 0.00428. The van der Waals surface area contributed by atoms with Gasteiger partial charge in [0.25, 0.3) is 0 Å². The quantitative estimate of drug-likeness (QED) is 0.793. The van der Waals surface area contributed by atoms with Gasteiger partial charge in [-0.15, -0.1) is 0 Å². The van der Waals surface area contributed by atoms with Gasteiger partial charge in [0, 0.05) is 23.9 Å². The van der Waals surface area contributed by atoms with Crippen LogP contribution in [0.3, 0.4) is 0 Å². The highest BCUT2D eigenvalue weighted by molar-refractivity contribution is 5.78. The first-order chi connectivity index (χ1) is 8.13. The van der Waals surface area contributed by atoms with Crippen molar-refractivity contribution in [2.45, 2.75) is 26.2 Å². The third kappa shape index (κ3) is 3.27. The zero-order valence-corrected chi connectivity index (χ0v) is 10.1. The van der Waals surface area contributed by atoms with Crippen molar-refractivity contribution < 1.29 is 9.90 Å². The van der Waals surface area contributed by atoms with E-state index in [2.05, 4.69) is 10.3 Å². The van der Waals surface area contributed by atoms with Crippen molar-refractivity contribution in [3.05, 3.63) is 29.6 Å². The zero-order chi connectivity index (χ0) is 12.3. The molecular weight excluding hydrogens is 216 g/mol. The molecule has 1 amide bonds.